The van der Waals surface area contributed by atoms with Crippen molar-refractivity contribution in [3.05, 3.63) is 58.6 Å². The van der Waals surface area contributed by atoms with Crippen molar-refractivity contribution in [2.45, 2.75) is 70.5 Å². The molecular weight excluding hydrogens is 570 g/mol. The average molecular weight is 609 g/mol. The maximum absolute atomic E-state index is 13.5. The highest BCUT2D eigenvalue weighted by molar-refractivity contribution is 9.10. The van der Waals surface area contributed by atoms with Crippen LogP contribution in [0.1, 0.15) is 57.4 Å². The summed E-state index contributed by atoms with van der Waals surface area (Å²) in [6.45, 7) is 2.15. The van der Waals surface area contributed by atoms with E-state index in [1.807, 2.05) is 24.3 Å². The minimum atomic E-state index is -3.61. The van der Waals surface area contributed by atoms with Crippen LogP contribution in [0.2, 0.25) is 0 Å². The molecular formula is C28H38BrN3O5S. The first kappa shape index (κ1) is 30.0. The van der Waals surface area contributed by atoms with Crippen LogP contribution in [-0.4, -0.2) is 57.1 Å². The SMILES string of the molecule is COc1ccccc1N(CCCC(=O)N(Cc1ccc(Br)cc1)[C@H](C)C(=O)NC1CCCCC1)S(C)(=O)=O. The predicted molar refractivity (Wildman–Crippen MR) is 154 cm³/mol. The lowest BCUT2D eigenvalue weighted by molar-refractivity contribution is -0.141. The van der Waals surface area contributed by atoms with Crippen LogP contribution in [0.5, 0.6) is 5.75 Å². The van der Waals surface area contributed by atoms with E-state index in [0.29, 0.717) is 11.4 Å². The molecule has 2 amide bonds. The zero-order valence-electron chi connectivity index (χ0n) is 22.4. The second-order valence-electron chi connectivity index (χ2n) is 9.78. The summed E-state index contributed by atoms with van der Waals surface area (Å²) in [5.74, 6) is 0.0796. The van der Waals surface area contributed by atoms with E-state index in [1.165, 1.54) is 17.8 Å². The second-order valence-corrected chi connectivity index (χ2v) is 12.6. The minimum absolute atomic E-state index is 0.0960. The van der Waals surface area contributed by atoms with Gasteiger partial charge in [0.2, 0.25) is 21.8 Å². The number of nitrogens with zero attached hydrogens (tertiary/aromatic N) is 2. The summed E-state index contributed by atoms with van der Waals surface area (Å²) in [6.07, 6.45) is 6.84. The largest absolute Gasteiger partial charge is 0.495 e. The lowest BCUT2D eigenvalue weighted by Crippen LogP contribution is -2.50. The quantitative estimate of drug-likeness (QED) is 0.371. The molecule has 208 valence electrons. The number of amides is 2. The number of sulfonamides is 1. The molecule has 1 N–H and O–H groups in total. The van der Waals surface area contributed by atoms with Crippen molar-refractivity contribution < 1.29 is 22.7 Å². The molecule has 38 heavy (non-hydrogen) atoms. The second kappa shape index (κ2) is 14.0. The van der Waals surface area contributed by atoms with Crippen LogP contribution in [0.15, 0.2) is 53.0 Å². The van der Waals surface area contributed by atoms with Gasteiger partial charge in [0, 0.05) is 30.0 Å². The molecule has 0 spiro atoms. The number of rotatable bonds is 12. The van der Waals surface area contributed by atoms with E-state index >= 15 is 0 Å². The van der Waals surface area contributed by atoms with Gasteiger partial charge < -0.3 is 15.0 Å². The van der Waals surface area contributed by atoms with Gasteiger partial charge >= 0.3 is 0 Å². The van der Waals surface area contributed by atoms with Gasteiger partial charge in [-0.25, -0.2) is 8.42 Å². The molecule has 8 nitrogen and oxygen atoms in total. The molecule has 1 atom stereocenters. The molecule has 2 aromatic rings. The van der Waals surface area contributed by atoms with E-state index in [9.17, 15) is 18.0 Å². The van der Waals surface area contributed by atoms with Crippen LogP contribution in [-0.2, 0) is 26.2 Å². The topological polar surface area (TPSA) is 96.0 Å². The van der Waals surface area contributed by atoms with Gasteiger partial charge in [-0.15, -0.1) is 0 Å². The Balaban J connectivity index is 1.73. The fraction of sp³-hybridized carbons (Fsp3) is 0.500. The summed E-state index contributed by atoms with van der Waals surface area (Å²) in [5.41, 5.74) is 1.34. The van der Waals surface area contributed by atoms with E-state index in [-0.39, 0.29) is 43.8 Å². The number of hydrogen-bond donors (Lipinski definition) is 1. The summed E-state index contributed by atoms with van der Waals surface area (Å²) < 4.78 is 32.7. The van der Waals surface area contributed by atoms with E-state index in [0.717, 1.165) is 42.0 Å². The Bertz CT molecular complexity index is 1180. The van der Waals surface area contributed by atoms with Gasteiger partial charge in [-0.2, -0.15) is 0 Å². The number of methoxy groups -OCH3 is 1. The predicted octanol–water partition coefficient (Wildman–Crippen LogP) is 4.87. The van der Waals surface area contributed by atoms with Gasteiger partial charge in [0.1, 0.15) is 11.8 Å². The number of hydrogen-bond acceptors (Lipinski definition) is 5. The van der Waals surface area contributed by atoms with E-state index in [1.54, 1.807) is 36.1 Å². The third kappa shape index (κ3) is 8.46. The smallest absolute Gasteiger partial charge is 0.242 e. The van der Waals surface area contributed by atoms with Gasteiger partial charge in [0.15, 0.2) is 0 Å². The minimum Gasteiger partial charge on any atom is -0.495 e. The normalized spacial score (nSPS) is 14.9. The number of benzene rings is 2. The highest BCUT2D eigenvalue weighted by Crippen LogP contribution is 2.30. The van der Waals surface area contributed by atoms with Crippen molar-refractivity contribution in [1.29, 1.82) is 0 Å². The van der Waals surface area contributed by atoms with Gasteiger partial charge in [-0.3, -0.25) is 13.9 Å². The highest BCUT2D eigenvalue weighted by atomic mass is 79.9. The standard InChI is InChI=1S/C28H38BrN3O5S/c1-21(28(34)30-24-10-5-4-6-11-24)31(20-22-15-17-23(29)18-16-22)27(33)14-9-19-32(38(3,35)36)25-12-7-8-13-26(25)37-2/h7-8,12-13,15-18,21,24H,4-6,9-11,14,19-20H2,1-3H3,(H,30,34)/t21-/m1/s1. The number of carbonyl (C=O) groups is 2. The number of carbonyl (C=O) groups excluding carboxylic acids is 2. The molecule has 1 fully saturated rings. The summed E-state index contributed by atoms with van der Waals surface area (Å²) in [6, 6.07) is 14.0. The summed E-state index contributed by atoms with van der Waals surface area (Å²) in [5, 5.41) is 3.14. The number of ether oxygens (including phenoxy) is 1. The number of anilines is 1. The Labute approximate surface area is 234 Å². The Morgan fingerprint density at radius 3 is 2.37 bits per heavy atom. The Hall–Kier alpha value is -2.59. The molecule has 0 aliphatic heterocycles. The molecule has 0 bridgehead atoms. The lowest BCUT2D eigenvalue weighted by Gasteiger charge is -2.31. The molecule has 1 saturated carbocycles. The molecule has 10 heteroatoms. The van der Waals surface area contributed by atoms with Crippen LogP contribution < -0.4 is 14.4 Å². The van der Waals surface area contributed by atoms with Gasteiger partial charge in [0.05, 0.1) is 19.1 Å². The average Bonchev–Trinajstić information content (AvgIpc) is 2.90. The first-order valence-corrected chi connectivity index (χ1v) is 15.7. The summed E-state index contributed by atoms with van der Waals surface area (Å²) >= 11 is 3.43. The van der Waals surface area contributed by atoms with Crippen molar-refractivity contribution in [2.75, 3.05) is 24.2 Å². The molecule has 0 aromatic heterocycles. The fourth-order valence-corrected chi connectivity index (χ4v) is 5.99. The van der Waals surface area contributed by atoms with E-state index < -0.39 is 16.1 Å². The van der Waals surface area contributed by atoms with Crippen molar-refractivity contribution >= 4 is 43.5 Å². The van der Waals surface area contributed by atoms with Crippen LogP contribution in [0.3, 0.4) is 0 Å². The molecule has 1 aliphatic carbocycles. The van der Waals surface area contributed by atoms with Crippen molar-refractivity contribution in [2.24, 2.45) is 0 Å². The molecule has 0 heterocycles. The van der Waals surface area contributed by atoms with Crippen molar-refractivity contribution in [3.63, 3.8) is 0 Å². The van der Waals surface area contributed by atoms with Crippen LogP contribution in [0, 0.1) is 0 Å². The maximum Gasteiger partial charge on any atom is 0.242 e. The third-order valence-electron chi connectivity index (χ3n) is 6.89. The molecule has 0 saturated heterocycles. The zero-order valence-corrected chi connectivity index (χ0v) is 24.8. The maximum atomic E-state index is 13.5. The first-order chi connectivity index (χ1) is 18.1. The molecule has 1 aliphatic rings. The monoisotopic (exact) mass is 607 g/mol. The summed E-state index contributed by atoms with van der Waals surface area (Å²) in [4.78, 5) is 28.2. The Morgan fingerprint density at radius 2 is 1.74 bits per heavy atom. The van der Waals surface area contributed by atoms with E-state index in [2.05, 4.69) is 21.2 Å². The van der Waals surface area contributed by atoms with Gasteiger partial charge in [-0.05, 0) is 56.0 Å². The zero-order chi connectivity index (χ0) is 27.7. The van der Waals surface area contributed by atoms with Crippen LogP contribution in [0.4, 0.5) is 5.69 Å². The molecule has 0 radical (unpaired) electrons. The van der Waals surface area contributed by atoms with E-state index in [4.69, 9.17) is 4.74 Å². The third-order valence-corrected chi connectivity index (χ3v) is 8.60. The highest BCUT2D eigenvalue weighted by Gasteiger charge is 2.28. The lowest BCUT2D eigenvalue weighted by atomic mass is 9.95. The van der Waals surface area contributed by atoms with Crippen molar-refractivity contribution in [1.82, 2.24) is 10.2 Å². The van der Waals surface area contributed by atoms with Crippen LogP contribution in [0.25, 0.3) is 0 Å². The summed E-state index contributed by atoms with van der Waals surface area (Å²) in [7, 11) is -2.12. The van der Waals surface area contributed by atoms with Gasteiger partial charge in [-0.1, -0.05) is 59.5 Å². The fourth-order valence-electron chi connectivity index (χ4n) is 4.76. The first-order valence-electron chi connectivity index (χ1n) is 13.0. The number of nitrogens with one attached hydrogen (secondary N) is 1. The molecule has 0 unspecified atom stereocenters. The molecule has 2 aromatic carbocycles. The number of para-hydroxylation sites is 2. The molecule has 3 rings (SSSR count). The number of halogens is 1. The Kier molecular flexibility index (Phi) is 11.0. The van der Waals surface area contributed by atoms with Crippen molar-refractivity contribution in [3.8, 4) is 5.75 Å². The van der Waals surface area contributed by atoms with Gasteiger partial charge in [0.25, 0.3) is 0 Å². The Morgan fingerprint density at radius 1 is 1.08 bits per heavy atom. The van der Waals surface area contributed by atoms with Crippen LogP contribution >= 0.6 is 15.9 Å².